The maximum atomic E-state index is 11.1. The van der Waals surface area contributed by atoms with E-state index in [1.807, 2.05) is 41.3 Å². The number of aromatic hydroxyl groups is 1. The van der Waals surface area contributed by atoms with Crippen LogP contribution in [0.1, 0.15) is 11.1 Å². The third-order valence-electron chi connectivity index (χ3n) is 3.68. The topological polar surface area (TPSA) is 43.7 Å². The highest BCUT2D eigenvalue weighted by molar-refractivity contribution is 8.03. The fourth-order valence-corrected chi connectivity index (χ4v) is 3.59. The fraction of sp³-hybridized carbons (Fsp3) is 0.176. The van der Waals surface area contributed by atoms with E-state index in [9.17, 15) is 10.2 Å². The van der Waals surface area contributed by atoms with Crippen molar-refractivity contribution in [1.82, 2.24) is 4.90 Å². The van der Waals surface area contributed by atoms with Crippen molar-refractivity contribution in [2.24, 2.45) is 0 Å². The Kier molecular flexibility index (Phi) is 3.66. The van der Waals surface area contributed by atoms with E-state index in [-0.39, 0.29) is 5.75 Å². The molecule has 0 radical (unpaired) electrons. The smallest absolute Gasteiger partial charge is 0.174 e. The lowest BCUT2D eigenvalue weighted by Crippen LogP contribution is -2.41. The third-order valence-corrected chi connectivity index (χ3v) is 4.78. The predicted molar refractivity (Wildman–Crippen MR) is 85.6 cm³/mol. The van der Waals surface area contributed by atoms with Crippen LogP contribution in [0, 0.1) is 0 Å². The number of phenolic OH excluding ortho intramolecular Hbond substituents is 1. The minimum atomic E-state index is -1.14. The molecule has 1 atom stereocenters. The van der Waals surface area contributed by atoms with E-state index in [0.29, 0.717) is 17.9 Å². The zero-order valence-corrected chi connectivity index (χ0v) is 12.4. The van der Waals surface area contributed by atoms with Crippen LogP contribution in [0.15, 0.2) is 66.2 Å². The quantitative estimate of drug-likeness (QED) is 0.913. The minimum Gasteiger partial charge on any atom is -0.508 e. The highest BCUT2D eigenvalue weighted by Gasteiger charge is 2.43. The molecule has 0 saturated carbocycles. The Balaban J connectivity index is 1.95. The van der Waals surface area contributed by atoms with Crippen molar-refractivity contribution in [3.63, 3.8) is 0 Å². The molecule has 1 unspecified atom stereocenters. The van der Waals surface area contributed by atoms with Crippen LogP contribution in [0.4, 0.5) is 0 Å². The first-order chi connectivity index (χ1) is 10.1. The summed E-state index contributed by atoms with van der Waals surface area (Å²) in [7, 11) is 0. The summed E-state index contributed by atoms with van der Waals surface area (Å²) < 4.78 is 0. The van der Waals surface area contributed by atoms with Gasteiger partial charge in [0.25, 0.3) is 0 Å². The number of phenols is 1. The molecule has 3 rings (SSSR count). The molecule has 2 aromatic rings. The number of thioether (sulfide) groups is 1. The molecular weight excluding hydrogens is 282 g/mol. The van der Waals surface area contributed by atoms with Gasteiger partial charge in [-0.15, -0.1) is 11.8 Å². The van der Waals surface area contributed by atoms with E-state index >= 15 is 0 Å². The summed E-state index contributed by atoms with van der Waals surface area (Å²) in [6, 6.07) is 16.8. The van der Waals surface area contributed by atoms with Gasteiger partial charge in [0.15, 0.2) is 5.72 Å². The fourth-order valence-electron chi connectivity index (χ4n) is 2.53. The molecule has 0 aromatic heterocycles. The van der Waals surface area contributed by atoms with Gasteiger partial charge in [0, 0.05) is 12.1 Å². The molecule has 21 heavy (non-hydrogen) atoms. The molecule has 1 aliphatic heterocycles. The summed E-state index contributed by atoms with van der Waals surface area (Å²) in [5.74, 6) is 0.658. The molecule has 1 aliphatic rings. The molecule has 3 nitrogen and oxygen atoms in total. The predicted octanol–water partition coefficient (Wildman–Crippen LogP) is 3.26. The highest BCUT2D eigenvalue weighted by Crippen LogP contribution is 2.44. The third kappa shape index (κ3) is 2.64. The lowest BCUT2D eigenvalue weighted by Gasteiger charge is -2.35. The Bertz CT molecular complexity index is 659. The Morgan fingerprint density at radius 1 is 1.14 bits per heavy atom. The first-order valence-electron chi connectivity index (χ1n) is 6.75. The molecule has 0 bridgehead atoms. The van der Waals surface area contributed by atoms with Gasteiger partial charge in [-0.3, -0.25) is 0 Å². The number of nitrogens with zero attached hydrogens (tertiary/aromatic N) is 1. The Labute approximate surface area is 128 Å². The summed E-state index contributed by atoms with van der Waals surface area (Å²) in [5, 5.41) is 21.6. The molecular formula is C17H17NO2S. The van der Waals surface area contributed by atoms with Crippen LogP contribution >= 0.6 is 11.8 Å². The van der Waals surface area contributed by atoms with E-state index in [4.69, 9.17) is 0 Å². The number of aliphatic hydroxyl groups is 1. The molecule has 2 N–H and O–H groups in total. The zero-order valence-electron chi connectivity index (χ0n) is 11.6. The van der Waals surface area contributed by atoms with Gasteiger partial charge in [-0.05, 0) is 17.7 Å². The Hall–Kier alpha value is -1.91. The number of hydrogen-bond acceptors (Lipinski definition) is 4. The monoisotopic (exact) mass is 299 g/mol. The highest BCUT2D eigenvalue weighted by atomic mass is 32.2. The number of benzene rings is 2. The Morgan fingerprint density at radius 3 is 2.62 bits per heavy atom. The summed E-state index contributed by atoms with van der Waals surface area (Å²) in [4.78, 5) is 1.89. The average Bonchev–Trinajstić information content (AvgIpc) is 2.78. The van der Waals surface area contributed by atoms with Gasteiger partial charge in [0.05, 0.1) is 10.8 Å². The van der Waals surface area contributed by atoms with Gasteiger partial charge in [-0.2, -0.15) is 0 Å². The minimum absolute atomic E-state index is 0.156. The molecule has 0 aliphatic carbocycles. The van der Waals surface area contributed by atoms with E-state index < -0.39 is 5.72 Å². The van der Waals surface area contributed by atoms with Crippen molar-refractivity contribution in [3.8, 4) is 5.75 Å². The molecule has 0 spiro atoms. The standard InChI is InChI=1S/C17H17NO2S/c1-13-18(11-14-6-3-2-4-7-14)17(20,12-21-13)15-8-5-9-16(19)10-15/h2-10,19-20H,1,11-12H2. The van der Waals surface area contributed by atoms with Crippen molar-refractivity contribution in [3.05, 3.63) is 77.3 Å². The number of hydrogen-bond donors (Lipinski definition) is 2. The van der Waals surface area contributed by atoms with Crippen molar-refractivity contribution in [2.45, 2.75) is 12.3 Å². The van der Waals surface area contributed by atoms with Crippen LogP contribution in [0.25, 0.3) is 0 Å². The SMILES string of the molecule is C=C1SCC(O)(c2cccc(O)c2)N1Cc1ccccc1. The normalized spacial score (nSPS) is 21.8. The van der Waals surface area contributed by atoms with Crippen molar-refractivity contribution >= 4 is 11.8 Å². The first kappa shape index (κ1) is 14.0. The van der Waals surface area contributed by atoms with Crippen LogP contribution in [0.3, 0.4) is 0 Å². The van der Waals surface area contributed by atoms with Gasteiger partial charge in [-0.25, -0.2) is 0 Å². The lowest BCUT2D eigenvalue weighted by molar-refractivity contribution is -0.0683. The van der Waals surface area contributed by atoms with Crippen LogP contribution in [0.5, 0.6) is 5.75 Å². The van der Waals surface area contributed by atoms with Crippen LogP contribution in [-0.2, 0) is 12.3 Å². The summed E-state index contributed by atoms with van der Waals surface area (Å²) in [5.41, 5.74) is 0.653. The van der Waals surface area contributed by atoms with Crippen molar-refractivity contribution in [2.75, 3.05) is 5.75 Å². The second-order valence-corrected chi connectivity index (χ2v) is 6.17. The largest absolute Gasteiger partial charge is 0.508 e. The number of rotatable bonds is 3. The van der Waals surface area contributed by atoms with E-state index in [1.165, 1.54) is 11.8 Å². The molecule has 2 aromatic carbocycles. The first-order valence-corrected chi connectivity index (χ1v) is 7.73. The molecule has 1 fully saturated rings. The molecule has 108 valence electrons. The zero-order chi connectivity index (χ0) is 14.9. The molecule has 1 saturated heterocycles. The summed E-state index contributed by atoms with van der Waals surface area (Å²) in [6.07, 6.45) is 0. The van der Waals surface area contributed by atoms with Crippen molar-refractivity contribution in [1.29, 1.82) is 0 Å². The van der Waals surface area contributed by atoms with Crippen LogP contribution in [-0.4, -0.2) is 20.9 Å². The maximum Gasteiger partial charge on any atom is 0.174 e. The summed E-state index contributed by atoms with van der Waals surface area (Å²) >= 11 is 1.53. The maximum absolute atomic E-state index is 11.1. The van der Waals surface area contributed by atoms with Gasteiger partial charge in [-0.1, -0.05) is 49.0 Å². The van der Waals surface area contributed by atoms with Gasteiger partial charge in [0.1, 0.15) is 5.75 Å². The van der Waals surface area contributed by atoms with Gasteiger partial charge in [0.2, 0.25) is 0 Å². The van der Waals surface area contributed by atoms with E-state index in [1.54, 1.807) is 18.2 Å². The molecule has 4 heteroatoms. The van der Waals surface area contributed by atoms with E-state index in [2.05, 4.69) is 6.58 Å². The van der Waals surface area contributed by atoms with Crippen LogP contribution < -0.4 is 0 Å². The Morgan fingerprint density at radius 2 is 1.90 bits per heavy atom. The average molecular weight is 299 g/mol. The van der Waals surface area contributed by atoms with Crippen LogP contribution in [0.2, 0.25) is 0 Å². The summed E-state index contributed by atoms with van der Waals surface area (Å²) in [6.45, 7) is 4.62. The van der Waals surface area contributed by atoms with Gasteiger partial charge >= 0.3 is 0 Å². The lowest BCUT2D eigenvalue weighted by atomic mass is 10.0. The van der Waals surface area contributed by atoms with E-state index in [0.717, 1.165) is 10.6 Å². The second-order valence-electron chi connectivity index (χ2n) is 5.12. The molecule has 0 amide bonds. The van der Waals surface area contributed by atoms with Crippen molar-refractivity contribution < 1.29 is 10.2 Å². The molecule has 1 heterocycles. The second kappa shape index (κ2) is 5.47. The van der Waals surface area contributed by atoms with Gasteiger partial charge < -0.3 is 15.1 Å².